The number of aromatic nitrogens is 3. The monoisotopic (exact) mass is 330 g/mol. The lowest BCUT2D eigenvalue weighted by atomic mass is 9.89. The minimum Gasteiger partial charge on any atom is -0.479 e. The number of amides is 1. The van der Waals surface area contributed by atoms with E-state index < -0.39 is 17.9 Å². The van der Waals surface area contributed by atoms with Gasteiger partial charge >= 0.3 is 5.97 Å². The summed E-state index contributed by atoms with van der Waals surface area (Å²) in [7, 11) is 0. The maximum atomic E-state index is 12.3. The van der Waals surface area contributed by atoms with Gasteiger partial charge in [-0.1, -0.05) is 42.5 Å². The van der Waals surface area contributed by atoms with E-state index in [9.17, 15) is 14.7 Å². The third-order valence-corrected chi connectivity index (χ3v) is 3.87. The van der Waals surface area contributed by atoms with Crippen molar-refractivity contribution < 1.29 is 19.4 Å². The van der Waals surface area contributed by atoms with E-state index in [1.165, 1.54) is 6.20 Å². The van der Waals surface area contributed by atoms with Crippen LogP contribution >= 0.6 is 0 Å². The van der Waals surface area contributed by atoms with Crippen molar-refractivity contribution >= 4 is 11.9 Å². The Hall–Kier alpha value is -2.74. The Morgan fingerprint density at radius 3 is 2.67 bits per heavy atom. The Morgan fingerprint density at radius 1 is 1.38 bits per heavy atom. The van der Waals surface area contributed by atoms with Crippen LogP contribution in [0.1, 0.15) is 29.0 Å². The molecule has 0 aliphatic carbocycles. The zero-order valence-corrected chi connectivity index (χ0v) is 13.2. The summed E-state index contributed by atoms with van der Waals surface area (Å²) in [4.78, 5) is 23.7. The van der Waals surface area contributed by atoms with Crippen LogP contribution in [0.4, 0.5) is 0 Å². The van der Waals surface area contributed by atoms with Gasteiger partial charge in [-0.25, -0.2) is 4.79 Å². The lowest BCUT2D eigenvalue weighted by Gasteiger charge is -2.37. The van der Waals surface area contributed by atoms with E-state index in [0.29, 0.717) is 25.3 Å². The first kappa shape index (κ1) is 16.1. The van der Waals surface area contributed by atoms with Crippen molar-refractivity contribution in [3.05, 3.63) is 47.8 Å². The second-order valence-electron chi connectivity index (χ2n) is 6.26. The quantitative estimate of drug-likeness (QED) is 0.814. The summed E-state index contributed by atoms with van der Waals surface area (Å²) in [5.41, 5.74) is 0.570. The van der Waals surface area contributed by atoms with Gasteiger partial charge in [0.25, 0.3) is 5.91 Å². The highest BCUT2D eigenvalue weighted by Crippen LogP contribution is 2.28. The highest BCUT2D eigenvalue weighted by molar-refractivity contribution is 5.94. The van der Waals surface area contributed by atoms with E-state index in [1.54, 1.807) is 35.0 Å². The van der Waals surface area contributed by atoms with Crippen LogP contribution in [0.5, 0.6) is 0 Å². The molecule has 1 aliphatic heterocycles. The first-order valence-corrected chi connectivity index (χ1v) is 7.53. The Balaban J connectivity index is 1.69. The molecule has 8 heteroatoms. The number of hydrogen-bond acceptors (Lipinski definition) is 5. The molecular formula is C16H18N4O4. The van der Waals surface area contributed by atoms with E-state index >= 15 is 0 Å². The minimum atomic E-state index is -1.14. The van der Waals surface area contributed by atoms with E-state index in [0.717, 1.165) is 0 Å². The molecule has 3 rings (SSSR count). The van der Waals surface area contributed by atoms with Crippen LogP contribution in [0.2, 0.25) is 0 Å². The number of aliphatic carboxylic acids is 1. The number of nitrogens with one attached hydrogen (secondary N) is 1. The summed E-state index contributed by atoms with van der Waals surface area (Å²) in [5.74, 6) is -1.71. The molecule has 1 unspecified atom stereocenters. The maximum absolute atomic E-state index is 12.3. The summed E-state index contributed by atoms with van der Waals surface area (Å²) >= 11 is 0. The standard InChI is InChI=1S/C16H18N4O4/c1-16(9-24-10-16)8-20-7-12(18-19-20)14(21)17-13(15(22)23)11-5-3-2-4-6-11/h2-7,13H,8-10H2,1H3,(H,17,21)(H,22,23). The van der Waals surface area contributed by atoms with Crippen LogP contribution in [0.15, 0.2) is 36.5 Å². The molecule has 126 valence electrons. The molecule has 2 heterocycles. The lowest BCUT2D eigenvalue weighted by Crippen LogP contribution is -2.43. The number of nitrogens with zero attached hydrogens (tertiary/aromatic N) is 3. The average molecular weight is 330 g/mol. The molecule has 2 aromatic rings. The number of rotatable bonds is 6. The second-order valence-corrected chi connectivity index (χ2v) is 6.26. The molecule has 1 aromatic carbocycles. The van der Waals surface area contributed by atoms with Crippen molar-refractivity contribution in [1.29, 1.82) is 0 Å². The molecule has 0 bridgehead atoms. The summed E-state index contributed by atoms with van der Waals surface area (Å²) in [6.45, 7) is 3.94. The summed E-state index contributed by atoms with van der Waals surface area (Å²) in [5, 5.41) is 19.6. The van der Waals surface area contributed by atoms with Gasteiger partial charge in [0.15, 0.2) is 11.7 Å². The van der Waals surface area contributed by atoms with Crippen LogP contribution in [0.25, 0.3) is 0 Å². The fourth-order valence-corrected chi connectivity index (χ4v) is 2.55. The molecule has 8 nitrogen and oxygen atoms in total. The Morgan fingerprint density at radius 2 is 2.08 bits per heavy atom. The highest BCUT2D eigenvalue weighted by Gasteiger charge is 2.34. The van der Waals surface area contributed by atoms with Crippen LogP contribution in [0.3, 0.4) is 0 Å². The number of carboxylic acids is 1. The number of hydrogen-bond donors (Lipinski definition) is 2. The topological polar surface area (TPSA) is 106 Å². The zero-order valence-electron chi connectivity index (χ0n) is 13.2. The first-order chi connectivity index (χ1) is 11.5. The van der Waals surface area contributed by atoms with Gasteiger partial charge < -0.3 is 15.2 Å². The molecule has 0 radical (unpaired) electrons. The Bertz CT molecular complexity index is 740. The van der Waals surface area contributed by atoms with Crippen molar-refractivity contribution in [1.82, 2.24) is 20.3 Å². The minimum absolute atomic E-state index is 0.00488. The Kier molecular flexibility index (Phi) is 4.30. The average Bonchev–Trinajstić information content (AvgIpc) is 3.00. The third kappa shape index (κ3) is 3.43. The first-order valence-electron chi connectivity index (χ1n) is 7.53. The SMILES string of the molecule is CC1(Cn2cc(C(=O)NC(C(=O)O)c3ccccc3)nn2)COC1. The number of carbonyl (C=O) groups is 2. The Labute approximate surface area is 138 Å². The number of ether oxygens (including phenoxy) is 1. The molecule has 1 aliphatic rings. The van der Waals surface area contributed by atoms with Crippen molar-refractivity contribution in [3.63, 3.8) is 0 Å². The number of carbonyl (C=O) groups excluding carboxylic acids is 1. The van der Waals surface area contributed by atoms with Crippen LogP contribution in [0, 0.1) is 5.41 Å². The van der Waals surface area contributed by atoms with Gasteiger partial charge in [-0.3, -0.25) is 9.48 Å². The highest BCUT2D eigenvalue weighted by atomic mass is 16.5. The van der Waals surface area contributed by atoms with E-state index in [2.05, 4.69) is 22.6 Å². The van der Waals surface area contributed by atoms with Gasteiger partial charge in [-0.05, 0) is 5.56 Å². The van der Waals surface area contributed by atoms with Gasteiger partial charge in [-0.15, -0.1) is 5.10 Å². The molecule has 1 amide bonds. The largest absolute Gasteiger partial charge is 0.479 e. The van der Waals surface area contributed by atoms with E-state index in [1.807, 2.05) is 0 Å². The predicted molar refractivity (Wildman–Crippen MR) is 83.2 cm³/mol. The summed E-state index contributed by atoms with van der Waals surface area (Å²) < 4.78 is 6.77. The molecule has 24 heavy (non-hydrogen) atoms. The molecule has 0 saturated carbocycles. The van der Waals surface area contributed by atoms with Gasteiger partial charge in [0, 0.05) is 5.41 Å². The van der Waals surface area contributed by atoms with Crippen molar-refractivity contribution in [2.75, 3.05) is 13.2 Å². The summed E-state index contributed by atoms with van der Waals surface area (Å²) in [6, 6.07) is 7.37. The molecule has 1 aromatic heterocycles. The third-order valence-electron chi connectivity index (χ3n) is 3.87. The molecule has 2 N–H and O–H groups in total. The summed E-state index contributed by atoms with van der Waals surface area (Å²) in [6.07, 6.45) is 1.52. The van der Waals surface area contributed by atoms with Gasteiger partial charge in [0.2, 0.25) is 0 Å². The van der Waals surface area contributed by atoms with Crippen molar-refractivity contribution in [3.8, 4) is 0 Å². The fourth-order valence-electron chi connectivity index (χ4n) is 2.55. The van der Waals surface area contributed by atoms with Crippen LogP contribution < -0.4 is 5.32 Å². The lowest BCUT2D eigenvalue weighted by molar-refractivity contribution is -0.139. The molecular weight excluding hydrogens is 312 g/mol. The van der Waals surface area contributed by atoms with Crippen molar-refractivity contribution in [2.45, 2.75) is 19.5 Å². The maximum Gasteiger partial charge on any atom is 0.330 e. The molecule has 1 fully saturated rings. The molecule has 1 saturated heterocycles. The smallest absolute Gasteiger partial charge is 0.330 e. The molecule has 0 spiro atoms. The molecule has 1 atom stereocenters. The van der Waals surface area contributed by atoms with Gasteiger partial charge in [-0.2, -0.15) is 0 Å². The van der Waals surface area contributed by atoms with Gasteiger partial charge in [0.05, 0.1) is 26.0 Å². The van der Waals surface area contributed by atoms with Crippen molar-refractivity contribution in [2.24, 2.45) is 5.41 Å². The van der Waals surface area contributed by atoms with Crippen LogP contribution in [-0.2, 0) is 16.1 Å². The van der Waals surface area contributed by atoms with E-state index in [4.69, 9.17) is 4.74 Å². The van der Waals surface area contributed by atoms with E-state index in [-0.39, 0.29) is 11.1 Å². The van der Waals surface area contributed by atoms with Gasteiger partial charge in [0.1, 0.15) is 0 Å². The predicted octanol–water partition coefficient (Wildman–Crippen LogP) is 0.870. The fraction of sp³-hybridized carbons (Fsp3) is 0.375. The number of benzene rings is 1. The van der Waals surface area contributed by atoms with Crippen LogP contribution in [-0.4, -0.2) is 45.2 Å². The number of carboxylic acid groups (broad SMARTS) is 1. The normalized spacial score (nSPS) is 16.9. The second kappa shape index (κ2) is 6.40. The zero-order chi connectivity index (χ0) is 17.2.